The van der Waals surface area contributed by atoms with Gasteiger partial charge in [0, 0.05) is 31.8 Å². The van der Waals surface area contributed by atoms with Crippen molar-refractivity contribution in [2.45, 2.75) is 64.6 Å². The van der Waals surface area contributed by atoms with E-state index in [-0.39, 0.29) is 0 Å². The molecule has 1 aliphatic heterocycles. The first kappa shape index (κ1) is 14.9. The summed E-state index contributed by atoms with van der Waals surface area (Å²) >= 11 is 0. The van der Waals surface area contributed by atoms with Crippen LogP contribution in [-0.2, 0) is 4.74 Å². The Morgan fingerprint density at radius 3 is 2.71 bits per heavy atom. The lowest BCUT2D eigenvalue weighted by molar-refractivity contribution is -0.00700. The maximum absolute atomic E-state index is 5.78. The maximum Gasteiger partial charge on any atom is 0.0702 e. The van der Waals surface area contributed by atoms with E-state index in [4.69, 9.17) is 4.74 Å². The minimum Gasteiger partial charge on any atom is -0.377 e. The molecule has 0 bridgehead atoms. The Morgan fingerprint density at radius 2 is 2.12 bits per heavy atom. The Kier molecular flexibility index (Phi) is 7.09. The zero-order valence-electron chi connectivity index (χ0n) is 12.0. The van der Waals surface area contributed by atoms with Crippen LogP contribution in [0, 0.1) is 0 Å². The van der Waals surface area contributed by atoms with Crippen molar-refractivity contribution >= 4 is 0 Å². The van der Waals surface area contributed by atoms with Gasteiger partial charge in [0.1, 0.15) is 0 Å². The van der Waals surface area contributed by atoms with Crippen molar-refractivity contribution in [2.24, 2.45) is 0 Å². The Labute approximate surface area is 107 Å². The number of likely N-dealkylation sites (N-methyl/N-ethyl adjacent to an activating group) is 1. The predicted octanol–water partition coefficient (Wildman–Crippen LogP) is 2.26. The topological polar surface area (TPSA) is 24.5 Å². The van der Waals surface area contributed by atoms with E-state index >= 15 is 0 Å². The van der Waals surface area contributed by atoms with Crippen molar-refractivity contribution in [1.29, 1.82) is 0 Å². The Balaban J connectivity index is 2.18. The summed E-state index contributed by atoms with van der Waals surface area (Å²) in [5, 5.41) is 3.57. The number of rotatable bonds is 7. The molecular formula is C14H30N2O. The van der Waals surface area contributed by atoms with Gasteiger partial charge in [-0.1, -0.05) is 6.92 Å². The number of ether oxygens (including phenoxy) is 1. The Bertz CT molecular complexity index is 193. The SMILES string of the molecule is CCC(C)NCC(C)N(C)CC1CCCCO1. The van der Waals surface area contributed by atoms with Gasteiger partial charge in [0.05, 0.1) is 6.10 Å². The standard InChI is InChI=1S/C14H30N2O/c1-5-12(2)15-10-13(3)16(4)11-14-8-6-7-9-17-14/h12-15H,5-11H2,1-4H3. The second-order valence-electron chi connectivity index (χ2n) is 5.49. The fourth-order valence-electron chi connectivity index (χ4n) is 2.12. The van der Waals surface area contributed by atoms with Crippen molar-refractivity contribution < 1.29 is 4.74 Å². The van der Waals surface area contributed by atoms with E-state index in [1.54, 1.807) is 0 Å². The van der Waals surface area contributed by atoms with Gasteiger partial charge in [-0.3, -0.25) is 4.90 Å². The van der Waals surface area contributed by atoms with E-state index in [1.165, 1.54) is 25.7 Å². The first-order valence-electron chi connectivity index (χ1n) is 7.18. The lowest BCUT2D eigenvalue weighted by Gasteiger charge is -2.31. The molecule has 0 aromatic carbocycles. The molecule has 0 aromatic heterocycles. The van der Waals surface area contributed by atoms with Crippen LogP contribution in [0.1, 0.15) is 46.5 Å². The normalized spacial score (nSPS) is 24.9. The third-order valence-corrected chi connectivity index (χ3v) is 3.89. The largest absolute Gasteiger partial charge is 0.377 e. The third kappa shape index (κ3) is 5.84. The van der Waals surface area contributed by atoms with Gasteiger partial charge in [-0.25, -0.2) is 0 Å². The number of hydrogen-bond acceptors (Lipinski definition) is 3. The van der Waals surface area contributed by atoms with Crippen LogP contribution in [0.25, 0.3) is 0 Å². The van der Waals surface area contributed by atoms with Crippen molar-refractivity contribution in [3.8, 4) is 0 Å². The molecule has 0 amide bonds. The quantitative estimate of drug-likeness (QED) is 0.741. The van der Waals surface area contributed by atoms with Crippen molar-refractivity contribution in [1.82, 2.24) is 10.2 Å². The van der Waals surface area contributed by atoms with Gasteiger partial charge in [-0.15, -0.1) is 0 Å². The molecule has 1 heterocycles. The minimum atomic E-state index is 0.458. The van der Waals surface area contributed by atoms with Gasteiger partial charge in [0.15, 0.2) is 0 Å². The summed E-state index contributed by atoms with van der Waals surface area (Å²) in [5.41, 5.74) is 0. The summed E-state index contributed by atoms with van der Waals surface area (Å²) in [7, 11) is 2.21. The highest BCUT2D eigenvalue weighted by atomic mass is 16.5. The highest BCUT2D eigenvalue weighted by Gasteiger charge is 2.18. The molecule has 0 saturated carbocycles. The van der Waals surface area contributed by atoms with Gasteiger partial charge < -0.3 is 10.1 Å². The number of nitrogens with zero attached hydrogens (tertiary/aromatic N) is 1. The van der Waals surface area contributed by atoms with Gasteiger partial charge in [0.25, 0.3) is 0 Å². The minimum absolute atomic E-state index is 0.458. The van der Waals surface area contributed by atoms with Crippen LogP contribution >= 0.6 is 0 Å². The molecule has 0 aliphatic carbocycles. The highest BCUT2D eigenvalue weighted by molar-refractivity contribution is 4.73. The molecule has 1 aliphatic rings. The van der Waals surface area contributed by atoms with Crippen LogP contribution in [0.15, 0.2) is 0 Å². The van der Waals surface area contributed by atoms with Crippen LogP contribution in [0.2, 0.25) is 0 Å². The summed E-state index contributed by atoms with van der Waals surface area (Å²) in [6, 6.07) is 1.20. The predicted molar refractivity (Wildman–Crippen MR) is 73.4 cm³/mol. The first-order chi connectivity index (χ1) is 8.13. The second-order valence-corrected chi connectivity index (χ2v) is 5.49. The molecule has 1 N–H and O–H groups in total. The fraction of sp³-hybridized carbons (Fsp3) is 1.00. The molecule has 3 heteroatoms. The average molecular weight is 242 g/mol. The van der Waals surface area contributed by atoms with Crippen LogP contribution in [0.3, 0.4) is 0 Å². The smallest absolute Gasteiger partial charge is 0.0702 e. The zero-order chi connectivity index (χ0) is 12.7. The molecule has 3 unspecified atom stereocenters. The second kappa shape index (κ2) is 8.06. The summed E-state index contributed by atoms with van der Waals surface area (Å²) in [6.07, 6.45) is 5.46. The van der Waals surface area contributed by atoms with E-state index in [2.05, 4.69) is 38.0 Å². The molecule has 3 nitrogen and oxygen atoms in total. The van der Waals surface area contributed by atoms with Crippen LogP contribution in [-0.4, -0.2) is 49.8 Å². The van der Waals surface area contributed by atoms with E-state index < -0.39 is 0 Å². The highest BCUT2D eigenvalue weighted by Crippen LogP contribution is 2.14. The molecule has 1 fully saturated rings. The number of hydrogen-bond donors (Lipinski definition) is 1. The molecule has 0 radical (unpaired) electrons. The van der Waals surface area contributed by atoms with Crippen LogP contribution in [0.4, 0.5) is 0 Å². The van der Waals surface area contributed by atoms with Gasteiger partial charge in [-0.05, 0) is 46.6 Å². The van der Waals surface area contributed by atoms with Crippen molar-refractivity contribution in [3.05, 3.63) is 0 Å². The summed E-state index contributed by atoms with van der Waals surface area (Å²) in [6.45, 7) is 9.86. The van der Waals surface area contributed by atoms with Crippen molar-refractivity contribution in [2.75, 3.05) is 26.7 Å². The van der Waals surface area contributed by atoms with Crippen molar-refractivity contribution in [3.63, 3.8) is 0 Å². The molecule has 0 aromatic rings. The number of nitrogens with one attached hydrogen (secondary N) is 1. The lowest BCUT2D eigenvalue weighted by atomic mass is 10.1. The lowest BCUT2D eigenvalue weighted by Crippen LogP contribution is -2.44. The summed E-state index contributed by atoms with van der Waals surface area (Å²) in [5.74, 6) is 0. The summed E-state index contributed by atoms with van der Waals surface area (Å²) < 4.78 is 5.78. The monoisotopic (exact) mass is 242 g/mol. The first-order valence-corrected chi connectivity index (χ1v) is 7.18. The molecule has 17 heavy (non-hydrogen) atoms. The molecule has 3 atom stereocenters. The van der Waals surface area contributed by atoms with Gasteiger partial charge >= 0.3 is 0 Å². The molecule has 1 rings (SSSR count). The van der Waals surface area contributed by atoms with Gasteiger partial charge in [0.2, 0.25) is 0 Å². The average Bonchev–Trinajstić information content (AvgIpc) is 2.36. The van der Waals surface area contributed by atoms with E-state index in [9.17, 15) is 0 Å². The molecular weight excluding hydrogens is 212 g/mol. The third-order valence-electron chi connectivity index (χ3n) is 3.89. The maximum atomic E-state index is 5.78. The molecule has 1 saturated heterocycles. The Morgan fingerprint density at radius 1 is 1.35 bits per heavy atom. The van der Waals surface area contributed by atoms with Crippen LogP contribution in [0.5, 0.6) is 0 Å². The Hall–Kier alpha value is -0.120. The summed E-state index contributed by atoms with van der Waals surface area (Å²) in [4.78, 5) is 2.42. The fourth-order valence-corrected chi connectivity index (χ4v) is 2.12. The van der Waals surface area contributed by atoms with E-state index in [0.29, 0.717) is 18.2 Å². The molecule has 102 valence electrons. The van der Waals surface area contributed by atoms with E-state index in [0.717, 1.165) is 19.7 Å². The van der Waals surface area contributed by atoms with E-state index in [1.807, 2.05) is 0 Å². The zero-order valence-corrected chi connectivity index (χ0v) is 12.0. The molecule has 0 spiro atoms. The van der Waals surface area contributed by atoms with Gasteiger partial charge in [-0.2, -0.15) is 0 Å². The van der Waals surface area contributed by atoms with Crippen LogP contribution < -0.4 is 5.32 Å².